The van der Waals surface area contributed by atoms with Gasteiger partial charge < -0.3 is 9.16 Å². The van der Waals surface area contributed by atoms with Gasteiger partial charge in [-0.15, -0.1) is 0 Å². The van der Waals surface area contributed by atoms with Crippen LogP contribution in [0.4, 0.5) is 0 Å². The van der Waals surface area contributed by atoms with Crippen molar-refractivity contribution in [3.8, 4) is 0 Å². The molecule has 1 aliphatic rings. The van der Waals surface area contributed by atoms with E-state index in [1.54, 1.807) is 0 Å². The number of ether oxygens (including phenoxy) is 1. The SMILES string of the molecule is CC(OC(=O)C1CN1CCO[Si](c1ccccc1)(c1ccccc1)C(C)(C)C)c1ccccc1. The largest absolute Gasteiger partial charge is 0.457 e. The van der Waals surface area contributed by atoms with Crippen LogP contribution in [0.25, 0.3) is 0 Å². The van der Waals surface area contributed by atoms with Gasteiger partial charge in [0, 0.05) is 19.7 Å². The Balaban J connectivity index is 1.43. The molecule has 3 aromatic carbocycles. The van der Waals surface area contributed by atoms with Gasteiger partial charge in [0.15, 0.2) is 0 Å². The molecule has 4 rings (SSSR count). The Hall–Kier alpha value is -2.73. The quantitative estimate of drug-likeness (QED) is 0.260. The number of hydrogen-bond acceptors (Lipinski definition) is 4. The lowest BCUT2D eigenvalue weighted by Crippen LogP contribution is -2.66. The summed E-state index contributed by atoms with van der Waals surface area (Å²) in [5.41, 5.74) is 1.01. The smallest absolute Gasteiger partial charge is 0.325 e. The molecule has 0 aliphatic carbocycles. The molecule has 1 saturated heterocycles. The fourth-order valence-electron chi connectivity index (χ4n) is 4.77. The van der Waals surface area contributed by atoms with Gasteiger partial charge in [-0.1, -0.05) is 112 Å². The van der Waals surface area contributed by atoms with Crippen molar-refractivity contribution >= 4 is 24.7 Å². The molecule has 0 amide bonds. The van der Waals surface area contributed by atoms with E-state index in [4.69, 9.17) is 9.16 Å². The summed E-state index contributed by atoms with van der Waals surface area (Å²) in [6, 6.07) is 31.0. The van der Waals surface area contributed by atoms with E-state index in [9.17, 15) is 4.79 Å². The maximum atomic E-state index is 12.7. The Bertz CT molecular complexity index is 1030. The molecule has 178 valence electrons. The van der Waals surface area contributed by atoms with Crippen molar-refractivity contribution in [1.82, 2.24) is 4.90 Å². The van der Waals surface area contributed by atoms with Gasteiger partial charge in [-0.25, -0.2) is 0 Å². The van der Waals surface area contributed by atoms with Crippen molar-refractivity contribution in [2.24, 2.45) is 0 Å². The molecule has 3 aromatic rings. The molecule has 0 bridgehead atoms. The Morgan fingerprint density at radius 1 is 0.912 bits per heavy atom. The van der Waals surface area contributed by atoms with Gasteiger partial charge >= 0.3 is 5.97 Å². The molecule has 4 nitrogen and oxygen atoms in total. The molecule has 3 atom stereocenters. The third kappa shape index (κ3) is 5.17. The second kappa shape index (κ2) is 10.3. The van der Waals surface area contributed by atoms with Gasteiger partial charge in [-0.3, -0.25) is 9.69 Å². The Labute approximate surface area is 204 Å². The van der Waals surface area contributed by atoms with E-state index >= 15 is 0 Å². The minimum atomic E-state index is -2.55. The zero-order valence-electron chi connectivity index (χ0n) is 20.6. The molecular weight excluding hydrogens is 438 g/mol. The van der Waals surface area contributed by atoms with Crippen LogP contribution in [0.5, 0.6) is 0 Å². The third-order valence-corrected chi connectivity index (χ3v) is 11.7. The summed E-state index contributed by atoms with van der Waals surface area (Å²) in [7, 11) is -2.55. The minimum Gasteiger partial charge on any atom is -0.457 e. The van der Waals surface area contributed by atoms with Crippen LogP contribution in [0.3, 0.4) is 0 Å². The first-order chi connectivity index (χ1) is 16.3. The molecule has 0 spiro atoms. The van der Waals surface area contributed by atoms with Crippen LogP contribution in [0, 0.1) is 0 Å². The average Bonchev–Trinajstić information content (AvgIpc) is 3.62. The van der Waals surface area contributed by atoms with Crippen LogP contribution in [0.15, 0.2) is 91.0 Å². The highest BCUT2D eigenvalue weighted by Gasteiger charge is 2.50. The van der Waals surface area contributed by atoms with Crippen LogP contribution < -0.4 is 10.4 Å². The zero-order valence-corrected chi connectivity index (χ0v) is 21.6. The van der Waals surface area contributed by atoms with E-state index in [-0.39, 0.29) is 23.2 Å². The van der Waals surface area contributed by atoms with Crippen molar-refractivity contribution in [2.75, 3.05) is 19.7 Å². The third-order valence-electron chi connectivity index (χ3n) is 6.66. The highest BCUT2D eigenvalue weighted by Crippen LogP contribution is 2.37. The summed E-state index contributed by atoms with van der Waals surface area (Å²) in [6.45, 7) is 10.8. The molecule has 0 saturated carbocycles. The molecule has 3 unspecified atom stereocenters. The van der Waals surface area contributed by atoms with Gasteiger partial charge in [0.2, 0.25) is 0 Å². The van der Waals surface area contributed by atoms with E-state index in [1.165, 1.54) is 10.4 Å². The summed E-state index contributed by atoms with van der Waals surface area (Å²) >= 11 is 0. The van der Waals surface area contributed by atoms with Gasteiger partial charge in [0.1, 0.15) is 12.1 Å². The van der Waals surface area contributed by atoms with Crippen molar-refractivity contribution in [2.45, 2.75) is 44.9 Å². The van der Waals surface area contributed by atoms with Crippen LogP contribution in [-0.4, -0.2) is 44.9 Å². The number of carbonyl (C=O) groups is 1. The Kier molecular flexibility index (Phi) is 7.36. The van der Waals surface area contributed by atoms with Gasteiger partial charge in [-0.05, 0) is 27.9 Å². The number of carbonyl (C=O) groups excluding carboxylic acids is 1. The van der Waals surface area contributed by atoms with E-state index in [0.717, 1.165) is 12.1 Å². The summed E-state index contributed by atoms with van der Waals surface area (Å²) in [4.78, 5) is 14.8. The van der Waals surface area contributed by atoms with Crippen molar-refractivity contribution in [3.05, 3.63) is 96.6 Å². The molecule has 1 aliphatic heterocycles. The summed E-state index contributed by atoms with van der Waals surface area (Å²) in [5.74, 6) is -0.151. The number of nitrogens with zero attached hydrogens (tertiary/aromatic N) is 1. The topological polar surface area (TPSA) is 38.5 Å². The highest BCUT2D eigenvalue weighted by molar-refractivity contribution is 6.99. The van der Waals surface area contributed by atoms with Gasteiger partial charge in [0.25, 0.3) is 8.32 Å². The molecule has 0 radical (unpaired) electrons. The Morgan fingerprint density at radius 2 is 1.41 bits per heavy atom. The molecule has 1 heterocycles. The molecule has 0 aromatic heterocycles. The maximum absolute atomic E-state index is 12.7. The lowest BCUT2D eigenvalue weighted by molar-refractivity contribution is -0.148. The predicted molar refractivity (Wildman–Crippen MR) is 140 cm³/mol. The number of rotatable bonds is 9. The van der Waals surface area contributed by atoms with Crippen molar-refractivity contribution < 1.29 is 14.0 Å². The first-order valence-electron chi connectivity index (χ1n) is 12.1. The first kappa shape index (κ1) is 24.4. The lowest BCUT2D eigenvalue weighted by atomic mass is 10.1. The summed E-state index contributed by atoms with van der Waals surface area (Å²) in [5, 5.41) is 2.48. The molecule has 0 N–H and O–H groups in total. The Morgan fingerprint density at radius 3 is 1.91 bits per heavy atom. The maximum Gasteiger partial charge on any atom is 0.325 e. The fourth-order valence-corrected chi connectivity index (χ4v) is 9.32. The molecule has 34 heavy (non-hydrogen) atoms. The minimum absolute atomic E-state index is 0.0575. The average molecular weight is 474 g/mol. The highest BCUT2D eigenvalue weighted by atomic mass is 28.4. The van der Waals surface area contributed by atoms with Crippen LogP contribution in [-0.2, 0) is 14.0 Å². The van der Waals surface area contributed by atoms with E-state index in [0.29, 0.717) is 13.2 Å². The normalized spacial score (nSPS) is 18.8. The number of esters is 1. The van der Waals surface area contributed by atoms with Crippen molar-refractivity contribution in [1.29, 1.82) is 0 Å². The van der Waals surface area contributed by atoms with Gasteiger partial charge in [-0.2, -0.15) is 0 Å². The van der Waals surface area contributed by atoms with Crippen LogP contribution >= 0.6 is 0 Å². The predicted octanol–water partition coefficient (Wildman–Crippen LogP) is 4.55. The first-order valence-corrected chi connectivity index (χ1v) is 14.0. The van der Waals surface area contributed by atoms with E-state index < -0.39 is 8.32 Å². The fraction of sp³-hybridized carbons (Fsp3) is 0.345. The summed E-state index contributed by atoms with van der Waals surface area (Å²) in [6.07, 6.45) is -0.246. The second-order valence-electron chi connectivity index (χ2n) is 10.0. The van der Waals surface area contributed by atoms with Crippen LogP contribution in [0.1, 0.15) is 39.4 Å². The zero-order chi connectivity index (χ0) is 24.2. The monoisotopic (exact) mass is 473 g/mol. The van der Waals surface area contributed by atoms with Crippen molar-refractivity contribution in [3.63, 3.8) is 0 Å². The summed E-state index contributed by atoms with van der Waals surface area (Å²) < 4.78 is 12.7. The van der Waals surface area contributed by atoms with E-state index in [2.05, 4.69) is 86.3 Å². The molecular formula is C29H35NO3Si. The van der Waals surface area contributed by atoms with E-state index in [1.807, 2.05) is 37.3 Å². The standard InChI is InChI=1S/C29H35NO3Si/c1-23(24-14-8-5-9-15-24)33-28(31)27-22-30(27)20-21-32-34(29(2,3)4,25-16-10-6-11-17-25)26-18-12-7-13-19-26/h5-19,23,27H,20-22H2,1-4H3. The molecule has 5 heteroatoms. The van der Waals surface area contributed by atoms with Crippen LogP contribution in [0.2, 0.25) is 5.04 Å². The van der Waals surface area contributed by atoms with Gasteiger partial charge in [0.05, 0.1) is 0 Å². The second-order valence-corrected chi connectivity index (χ2v) is 14.3. The molecule has 1 fully saturated rings. The number of benzene rings is 3. The lowest BCUT2D eigenvalue weighted by Gasteiger charge is -2.43. The number of hydrogen-bond donors (Lipinski definition) is 0.